The number of benzene rings is 3. The molecule has 0 unspecified atom stereocenters. The Balaban J connectivity index is 1.87. The molecule has 0 aliphatic carbocycles. The van der Waals surface area contributed by atoms with Gasteiger partial charge < -0.3 is 10.1 Å². The summed E-state index contributed by atoms with van der Waals surface area (Å²) in [5, 5.41) is 6.67. The van der Waals surface area contributed by atoms with E-state index in [1.807, 2.05) is 19.9 Å². The van der Waals surface area contributed by atoms with E-state index >= 15 is 0 Å². The van der Waals surface area contributed by atoms with Gasteiger partial charge in [0.1, 0.15) is 11.6 Å². The first-order valence-electron chi connectivity index (χ1n) is 10.8. The summed E-state index contributed by atoms with van der Waals surface area (Å²) >= 11 is 0. The smallest absolute Gasteiger partial charge is 0.352 e. The number of carbonyl (C=O) groups excluding carboxylic acids is 1. The maximum Gasteiger partial charge on any atom is 0.352 e. The van der Waals surface area contributed by atoms with Gasteiger partial charge >= 0.3 is 5.69 Å². The lowest BCUT2D eigenvalue weighted by molar-refractivity contribution is 0.101. The van der Waals surface area contributed by atoms with Gasteiger partial charge in [0, 0.05) is 5.69 Å². The lowest BCUT2D eigenvalue weighted by Gasteiger charge is -2.14. The number of nitrogens with zero attached hydrogens (tertiary/aromatic N) is 3. The van der Waals surface area contributed by atoms with Crippen LogP contribution in [0.25, 0.3) is 5.69 Å². The summed E-state index contributed by atoms with van der Waals surface area (Å²) in [6.07, 6.45) is 0. The highest BCUT2D eigenvalue weighted by Crippen LogP contribution is 2.14. The van der Waals surface area contributed by atoms with Crippen LogP contribution >= 0.6 is 0 Å². The molecule has 0 spiro atoms. The van der Waals surface area contributed by atoms with Crippen LogP contribution in [0.3, 0.4) is 0 Å². The van der Waals surface area contributed by atoms with E-state index in [0.29, 0.717) is 17.0 Å². The number of aryl methyl sites for hydroxylation is 2. The monoisotopic (exact) mass is 474 g/mol. The van der Waals surface area contributed by atoms with Crippen molar-refractivity contribution in [2.45, 2.75) is 20.4 Å². The standard InChI is InChI=1S/C26H23FN4O4/c1-16-11-17(2)13-21(12-16)31-26(34)30(15-18-5-4-6-22(14-18)35-3)25(33)23(29-31)24(32)28-20-9-7-19(27)8-10-20/h4-14H,15H2,1-3H3,(H,28,32). The molecule has 4 aromatic rings. The molecule has 1 heterocycles. The van der Waals surface area contributed by atoms with Crippen LogP contribution in [0.2, 0.25) is 0 Å². The zero-order chi connectivity index (χ0) is 25.1. The molecule has 0 saturated heterocycles. The summed E-state index contributed by atoms with van der Waals surface area (Å²) in [5.41, 5.74) is 1.08. The van der Waals surface area contributed by atoms with Crippen molar-refractivity contribution in [2.24, 2.45) is 0 Å². The number of carbonyl (C=O) groups is 1. The minimum absolute atomic E-state index is 0.0982. The Bertz CT molecular complexity index is 1500. The van der Waals surface area contributed by atoms with Gasteiger partial charge in [0.15, 0.2) is 0 Å². The third-order valence-electron chi connectivity index (χ3n) is 5.30. The fourth-order valence-electron chi connectivity index (χ4n) is 3.71. The molecule has 35 heavy (non-hydrogen) atoms. The van der Waals surface area contributed by atoms with E-state index in [9.17, 15) is 18.8 Å². The Kier molecular flexibility index (Phi) is 6.59. The number of ether oxygens (including phenoxy) is 1. The average molecular weight is 474 g/mol. The van der Waals surface area contributed by atoms with E-state index in [1.54, 1.807) is 36.4 Å². The molecule has 1 aromatic heterocycles. The van der Waals surface area contributed by atoms with E-state index in [2.05, 4.69) is 10.4 Å². The summed E-state index contributed by atoms with van der Waals surface area (Å²) in [6, 6.07) is 17.4. The number of anilines is 1. The SMILES string of the molecule is COc1cccc(Cn2c(=O)c(C(=O)Nc3ccc(F)cc3)nn(-c3cc(C)cc(C)c3)c2=O)c1. The van der Waals surface area contributed by atoms with Crippen molar-refractivity contribution in [3.63, 3.8) is 0 Å². The van der Waals surface area contributed by atoms with Crippen LogP contribution in [0.5, 0.6) is 5.75 Å². The van der Waals surface area contributed by atoms with E-state index < -0.39 is 28.7 Å². The van der Waals surface area contributed by atoms with Gasteiger partial charge in [0.05, 0.1) is 19.3 Å². The molecule has 4 rings (SSSR count). The fourth-order valence-corrected chi connectivity index (χ4v) is 3.71. The van der Waals surface area contributed by atoms with Gasteiger partial charge in [-0.3, -0.25) is 14.2 Å². The first-order valence-corrected chi connectivity index (χ1v) is 10.8. The van der Waals surface area contributed by atoms with E-state index in [0.717, 1.165) is 20.4 Å². The Morgan fingerprint density at radius 2 is 1.69 bits per heavy atom. The van der Waals surface area contributed by atoms with Crippen LogP contribution in [-0.4, -0.2) is 27.4 Å². The molecule has 3 aromatic carbocycles. The Hall–Kier alpha value is -4.53. The minimum atomic E-state index is -0.849. The van der Waals surface area contributed by atoms with Crippen molar-refractivity contribution in [1.29, 1.82) is 0 Å². The van der Waals surface area contributed by atoms with Gasteiger partial charge in [0.2, 0.25) is 5.69 Å². The number of hydrogen-bond donors (Lipinski definition) is 1. The molecular weight excluding hydrogens is 451 g/mol. The zero-order valence-corrected chi connectivity index (χ0v) is 19.4. The number of nitrogens with one attached hydrogen (secondary N) is 1. The highest BCUT2D eigenvalue weighted by molar-refractivity contribution is 6.02. The van der Waals surface area contributed by atoms with Crippen molar-refractivity contribution >= 4 is 11.6 Å². The van der Waals surface area contributed by atoms with Gasteiger partial charge in [0.25, 0.3) is 11.5 Å². The van der Waals surface area contributed by atoms with Crippen molar-refractivity contribution in [3.05, 3.63) is 116 Å². The second-order valence-electron chi connectivity index (χ2n) is 8.09. The van der Waals surface area contributed by atoms with E-state index in [1.165, 1.54) is 31.4 Å². The molecule has 9 heteroatoms. The van der Waals surface area contributed by atoms with Gasteiger partial charge in [-0.1, -0.05) is 18.2 Å². The first-order chi connectivity index (χ1) is 16.7. The second kappa shape index (κ2) is 9.76. The molecule has 0 bridgehead atoms. The number of amides is 1. The maximum absolute atomic E-state index is 13.4. The predicted molar refractivity (Wildman–Crippen MR) is 130 cm³/mol. The van der Waals surface area contributed by atoms with Crippen molar-refractivity contribution < 1.29 is 13.9 Å². The van der Waals surface area contributed by atoms with Crippen molar-refractivity contribution in [1.82, 2.24) is 14.3 Å². The summed E-state index contributed by atoms with van der Waals surface area (Å²) in [7, 11) is 1.52. The second-order valence-corrected chi connectivity index (χ2v) is 8.09. The summed E-state index contributed by atoms with van der Waals surface area (Å²) in [6.45, 7) is 3.64. The molecule has 1 N–H and O–H groups in total. The summed E-state index contributed by atoms with van der Waals surface area (Å²) in [5.74, 6) is -0.724. The van der Waals surface area contributed by atoms with Crippen LogP contribution in [0.4, 0.5) is 10.1 Å². The van der Waals surface area contributed by atoms with Crippen LogP contribution < -0.4 is 21.3 Å². The normalized spacial score (nSPS) is 10.7. The molecular formula is C26H23FN4O4. The third-order valence-corrected chi connectivity index (χ3v) is 5.30. The minimum Gasteiger partial charge on any atom is -0.497 e. The maximum atomic E-state index is 13.4. The van der Waals surface area contributed by atoms with E-state index in [4.69, 9.17) is 4.74 Å². The van der Waals surface area contributed by atoms with Crippen LogP contribution in [0.1, 0.15) is 27.2 Å². The zero-order valence-electron chi connectivity index (χ0n) is 19.4. The average Bonchev–Trinajstić information content (AvgIpc) is 2.82. The molecule has 0 atom stereocenters. The van der Waals surface area contributed by atoms with E-state index in [-0.39, 0.29) is 12.2 Å². The van der Waals surface area contributed by atoms with Gasteiger partial charge in [-0.15, -0.1) is 0 Å². The molecule has 0 fully saturated rings. The highest BCUT2D eigenvalue weighted by atomic mass is 19.1. The number of methoxy groups -OCH3 is 1. The third kappa shape index (κ3) is 5.19. The summed E-state index contributed by atoms with van der Waals surface area (Å²) < 4.78 is 20.5. The molecule has 178 valence electrons. The van der Waals surface area contributed by atoms with Crippen molar-refractivity contribution in [3.8, 4) is 11.4 Å². The largest absolute Gasteiger partial charge is 0.497 e. The quantitative estimate of drug-likeness (QED) is 0.462. The number of aromatic nitrogens is 3. The van der Waals surface area contributed by atoms with Crippen LogP contribution in [0.15, 0.2) is 76.3 Å². The van der Waals surface area contributed by atoms with Crippen molar-refractivity contribution in [2.75, 3.05) is 12.4 Å². The predicted octanol–water partition coefficient (Wildman–Crippen LogP) is 3.46. The summed E-state index contributed by atoms with van der Waals surface area (Å²) in [4.78, 5) is 39.7. The molecule has 0 aliphatic rings. The molecule has 1 amide bonds. The number of hydrogen-bond acceptors (Lipinski definition) is 5. The lowest BCUT2D eigenvalue weighted by atomic mass is 10.1. The Labute approximate surface area is 200 Å². The van der Waals surface area contributed by atoms with Gasteiger partial charge in [-0.05, 0) is 79.1 Å². The molecule has 0 radical (unpaired) electrons. The Morgan fingerprint density at radius 3 is 2.34 bits per heavy atom. The van der Waals surface area contributed by atoms with Crippen LogP contribution in [0, 0.1) is 19.7 Å². The number of rotatable bonds is 6. The first kappa shape index (κ1) is 23.6. The van der Waals surface area contributed by atoms with Gasteiger partial charge in [-0.2, -0.15) is 9.78 Å². The fraction of sp³-hybridized carbons (Fsp3) is 0.154. The number of halogens is 1. The molecule has 0 aliphatic heterocycles. The highest BCUT2D eigenvalue weighted by Gasteiger charge is 2.21. The topological polar surface area (TPSA) is 95.2 Å². The van der Waals surface area contributed by atoms with Crippen LogP contribution in [-0.2, 0) is 6.54 Å². The lowest BCUT2D eigenvalue weighted by Crippen LogP contribution is -2.45. The molecule has 8 nitrogen and oxygen atoms in total. The Morgan fingerprint density at radius 1 is 1.00 bits per heavy atom. The van der Waals surface area contributed by atoms with Gasteiger partial charge in [-0.25, -0.2) is 9.18 Å². The molecule has 0 saturated carbocycles.